The summed E-state index contributed by atoms with van der Waals surface area (Å²) >= 11 is 0. The molecule has 0 saturated heterocycles. The van der Waals surface area contributed by atoms with E-state index in [1.54, 1.807) is 12.1 Å². The zero-order valence-corrected chi connectivity index (χ0v) is 12.7. The van der Waals surface area contributed by atoms with Crippen LogP contribution in [0.2, 0.25) is 0 Å². The highest BCUT2D eigenvalue weighted by Crippen LogP contribution is 2.38. The molecule has 0 aromatic heterocycles. The molecule has 0 spiro atoms. The maximum absolute atomic E-state index is 11.1. The SMILES string of the molecule is NCC1(CCc2ccccc2[N+](=O)[O-])CCCCCCC1. The number of nitrogens with zero attached hydrogens (tertiary/aromatic N) is 1. The van der Waals surface area contributed by atoms with Gasteiger partial charge in [-0.05, 0) is 37.6 Å². The third-order valence-electron chi connectivity index (χ3n) is 4.96. The predicted octanol–water partition coefficient (Wildman–Crippen LogP) is 4.22. The molecule has 4 heteroatoms. The summed E-state index contributed by atoms with van der Waals surface area (Å²) in [5.74, 6) is 0. The minimum Gasteiger partial charge on any atom is -0.330 e. The van der Waals surface area contributed by atoms with Crippen molar-refractivity contribution in [2.75, 3.05) is 6.54 Å². The number of nitrogens with two attached hydrogens (primary N) is 1. The van der Waals surface area contributed by atoms with Gasteiger partial charge in [-0.2, -0.15) is 0 Å². The van der Waals surface area contributed by atoms with Crippen LogP contribution in [0.15, 0.2) is 24.3 Å². The largest absolute Gasteiger partial charge is 0.330 e. The lowest BCUT2D eigenvalue weighted by Gasteiger charge is -2.34. The number of aryl methyl sites for hydroxylation is 1. The quantitative estimate of drug-likeness (QED) is 0.652. The van der Waals surface area contributed by atoms with Gasteiger partial charge in [-0.3, -0.25) is 10.1 Å². The molecule has 0 heterocycles. The molecule has 21 heavy (non-hydrogen) atoms. The first-order valence-corrected chi connectivity index (χ1v) is 8.09. The molecular formula is C17H26N2O2. The van der Waals surface area contributed by atoms with Gasteiger partial charge in [-0.15, -0.1) is 0 Å². The molecular weight excluding hydrogens is 264 g/mol. The van der Waals surface area contributed by atoms with Gasteiger partial charge < -0.3 is 5.73 Å². The molecule has 0 amide bonds. The molecule has 1 aliphatic carbocycles. The highest BCUT2D eigenvalue weighted by Gasteiger charge is 2.29. The fraction of sp³-hybridized carbons (Fsp3) is 0.647. The van der Waals surface area contributed by atoms with Crippen LogP contribution < -0.4 is 5.73 Å². The minimum absolute atomic E-state index is 0.185. The van der Waals surface area contributed by atoms with Crippen molar-refractivity contribution in [3.63, 3.8) is 0 Å². The van der Waals surface area contributed by atoms with Crippen molar-refractivity contribution < 1.29 is 4.92 Å². The van der Waals surface area contributed by atoms with Crippen molar-refractivity contribution in [3.05, 3.63) is 39.9 Å². The minimum atomic E-state index is -0.275. The number of benzene rings is 1. The number of hydrogen-bond acceptors (Lipinski definition) is 3. The average Bonchev–Trinajstić information content (AvgIpc) is 2.47. The van der Waals surface area contributed by atoms with Gasteiger partial charge in [0.1, 0.15) is 0 Å². The van der Waals surface area contributed by atoms with Gasteiger partial charge in [0.25, 0.3) is 5.69 Å². The number of hydrogen-bond donors (Lipinski definition) is 1. The van der Waals surface area contributed by atoms with E-state index in [0.29, 0.717) is 6.54 Å². The highest BCUT2D eigenvalue weighted by molar-refractivity contribution is 5.39. The Morgan fingerprint density at radius 1 is 1.10 bits per heavy atom. The average molecular weight is 290 g/mol. The van der Waals surface area contributed by atoms with Crippen LogP contribution in [0.4, 0.5) is 5.69 Å². The topological polar surface area (TPSA) is 69.2 Å². The van der Waals surface area contributed by atoms with E-state index < -0.39 is 0 Å². The van der Waals surface area contributed by atoms with Crippen molar-refractivity contribution in [2.24, 2.45) is 11.1 Å². The Balaban J connectivity index is 2.07. The van der Waals surface area contributed by atoms with Crippen molar-refractivity contribution in [2.45, 2.75) is 57.8 Å². The van der Waals surface area contributed by atoms with E-state index in [1.165, 1.54) is 44.9 Å². The van der Waals surface area contributed by atoms with Crippen LogP contribution in [0.25, 0.3) is 0 Å². The Hall–Kier alpha value is -1.42. The van der Waals surface area contributed by atoms with Crippen LogP contribution in [0, 0.1) is 15.5 Å². The molecule has 1 aliphatic rings. The molecule has 1 aromatic rings. The number of nitro groups is 1. The Morgan fingerprint density at radius 3 is 2.33 bits per heavy atom. The lowest BCUT2D eigenvalue weighted by molar-refractivity contribution is -0.385. The third-order valence-corrected chi connectivity index (χ3v) is 4.96. The van der Waals surface area contributed by atoms with E-state index in [0.717, 1.165) is 18.4 Å². The van der Waals surface area contributed by atoms with Gasteiger partial charge in [-0.1, -0.05) is 50.3 Å². The number of rotatable bonds is 5. The maximum Gasteiger partial charge on any atom is 0.272 e. The molecule has 116 valence electrons. The third kappa shape index (κ3) is 4.27. The fourth-order valence-corrected chi connectivity index (χ4v) is 3.51. The summed E-state index contributed by atoms with van der Waals surface area (Å²) in [5, 5.41) is 11.1. The van der Waals surface area contributed by atoms with Gasteiger partial charge in [0.05, 0.1) is 4.92 Å². The van der Waals surface area contributed by atoms with Gasteiger partial charge in [0.15, 0.2) is 0 Å². The summed E-state index contributed by atoms with van der Waals surface area (Å²) in [5.41, 5.74) is 7.36. The second-order valence-corrected chi connectivity index (χ2v) is 6.36. The van der Waals surface area contributed by atoms with Crippen LogP contribution in [-0.2, 0) is 6.42 Å². The summed E-state index contributed by atoms with van der Waals surface area (Å²) in [6, 6.07) is 7.10. The van der Waals surface area contributed by atoms with Crippen LogP contribution >= 0.6 is 0 Å². The van der Waals surface area contributed by atoms with Crippen molar-refractivity contribution in [3.8, 4) is 0 Å². The lowest BCUT2D eigenvalue weighted by atomic mass is 9.72. The molecule has 2 N–H and O–H groups in total. The molecule has 2 rings (SSSR count). The van der Waals surface area contributed by atoms with Crippen LogP contribution in [0.5, 0.6) is 0 Å². The zero-order valence-electron chi connectivity index (χ0n) is 12.7. The standard InChI is InChI=1S/C17H26N2O2/c18-14-17(11-6-2-1-3-7-12-17)13-10-15-8-4-5-9-16(15)19(20)21/h4-5,8-9H,1-3,6-7,10-14,18H2. The molecule has 0 unspecified atom stereocenters. The Bertz CT molecular complexity index is 466. The van der Waals surface area contributed by atoms with Gasteiger partial charge in [-0.25, -0.2) is 0 Å². The van der Waals surface area contributed by atoms with Crippen LogP contribution in [-0.4, -0.2) is 11.5 Å². The number of para-hydroxylation sites is 1. The van der Waals surface area contributed by atoms with E-state index in [-0.39, 0.29) is 16.0 Å². The first kappa shape index (κ1) is 16.0. The molecule has 4 nitrogen and oxygen atoms in total. The molecule has 1 fully saturated rings. The van der Waals surface area contributed by atoms with E-state index in [1.807, 2.05) is 12.1 Å². The van der Waals surface area contributed by atoms with E-state index >= 15 is 0 Å². The Labute approximate surface area is 126 Å². The summed E-state index contributed by atoms with van der Waals surface area (Å²) in [6.07, 6.45) is 10.5. The Kier molecular flexibility index (Phi) is 5.74. The first-order chi connectivity index (χ1) is 10.2. The fourth-order valence-electron chi connectivity index (χ4n) is 3.51. The molecule has 0 radical (unpaired) electrons. The maximum atomic E-state index is 11.1. The summed E-state index contributed by atoms with van der Waals surface area (Å²) < 4.78 is 0. The van der Waals surface area contributed by atoms with E-state index in [4.69, 9.17) is 5.73 Å². The molecule has 0 aliphatic heterocycles. The van der Waals surface area contributed by atoms with Crippen molar-refractivity contribution in [1.82, 2.24) is 0 Å². The van der Waals surface area contributed by atoms with Crippen LogP contribution in [0.3, 0.4) is 0 Å². The smallest absolute Gasteiger partial charge is 0.272 e. The monoisotopic (exact) mass is 290 g/mol. The second-order valence-electron chi connectivity index (χ2n) is 6.36. The van der Waals surface area contributed by atoms with Gasteiger partial charge in [0, 0.05) is 11.6 Å². The lowest BCUT2D eigenvalue weighted by Crippen LogP contribution is -2.32. The van der Waals surface area contributed by atoms with Gasteiger partial charge in [0.2, 0.25) is 0 Å². The molecule has 1 aromatic carbocycles. The van der Waals surface area contributed by atoms with E-state index in [2.05, 4.69) is 0 Å². The summed E-state index contributed by atoms with van der Waals surface area (Å²) in [7, 11) is 0. The predicted molar refractivity (Wildman–Crippen MR) is 85.2 cm³/mol. The molecule has 0 bridgehead atoms. The van der Waals surface area contributed by atoms with Gasteiger partial charge >= 0.3 is 0 Å². The summed E-state index contributed by atoms with van der Waals surface area (Å²) in [6.45, 7) is 0.702. The van der Waals surface area contributed by atoms with Crippen molar-refractivity contribution in [1.29, 1.82) is 0 Å². The summed E-state index contributed by atoms with van der Waals surface area (Å²) in [4.78, 5) is 10.8. The molecule has 0 atom stereocenters. The van der Waals surface area contributed by atoms with Crippen LogP contribution in [0.1, 0.15) is 56.9 Å². The van der Waals surface area contributed by atoms with Crippen molar-refractivity contribution >= 4 is 5.69 Å². The zero-order chi connectivity index (χ0) is 15.1. The highest BCUT2D eigenvalue weighted by atomic mass is 16.6. The first-order valence-electron chi connectivity index (χ1n) is 8.09. The number of nitro benzene ring substituents is 1. The second kappa shape index (κ2) is 7.55. The Morgan fingerprint density at radius 2 is 1.71 bits per heavy atom. The molecule has 1 saturated carbocycles. The van der Waals surface area contributed by atoms with E-state index in [9.17, 15) is 10.1 Å². The normalized spacial score (nSPS) is 18.7.